The summed E-state index contributed by atoms with van der Waals surface area (Å²) in [5, 5.41) is 12.2. The lowest BCUT2D eigenvalue weighted by Gasteiger charge is -2.38. The van der Waals surface area contributed by atoms with Gasteiger partial charge in [0.1, 0.15) is 29.0 Å². The van der Waals surface area contributed by atoms with Gasteiger partial charge >= 0.3 is 0 Å². The molecule has 2 atom stereocenters. The molecule has 9 heteroatoms. The Morgan fingerprint density at radius 1 is 1.26 bits per heavy atom. The Morgan fingerprint density at radius 2 is 2.03 bits per heavy atom. The number of anilines is 2. The molecule has 2 heterocycles. The number of aromatic nitrogens is 2. The molecule has 1 amide bonds. The molecule has 0 spiro atoms. The van der Waals surface area contributed by atoms with Crippen molar-refractivity contribution >= 4 is 17.7 Å². The molecule has 3 aromatic rings. The van der Waals surface area contributed by atoms with Gasteiger partial charge in [-0.3, -0.25) is 4.79 Å². The number of ether oxygens (including phenoxy) is 1. The van der Waals surface area contributed by atoms with E-state index in [4.69, 9.17) is 10.5 Å². The maximum Gasteiger partial charge on any atom is 0.225 e. The van der Waals surface area contributed by atoms with E-state index in [0.717, 1.165) is 18.4 Å². The summed E-state index contributed by atoms with van der Waals surface area (Å²) in [4.78, 5) is 23.6. The van der Waals surface area contributed by atoms with Crippen molar-refractivity contribution in [3.8, 4) is 23.1 Å². The largest absolute Gasteiger partial charge is 0.495 e. The Labute approximate surface area is 203 Å². The number of amides is 1. The number of halogens is 1. The lowest BCUT2D eigenvalue weighted by atomic mass is 9.92. The summed E-state index contributed by atoms with van der Waals surface area (Å²) in [5.74, 6) is -0.216. The van der Waals surface area contributed by atoms with E-state index in [1.165, 1.54) is 13.2 Å². The fourth-order valence-corrected chi connectivity index (χ4v) is 4.32. The lowest BCUT2D eigenvalue weighted by Crippen LogP contribution is -2.47. The number of hydrogen-bond donors (Lipinski definition) is 2. The molecule has 1 aliphatic heterocycles. The molecule has 3 N–H and O–H groups in total. The predicted molar refractivity (Wildman–Crippen MR) is 131 cm³/mol. The number of nitrogens with one attached hydrogen (secondary N) is 1. The number of nitrogen functional groups attached to an aromatic ring is 1. The first-order valence-corrected chi connectivity index (χ1v) is 11.4. The monoisotopic (exact) mass is 474 g/mol. The van der Waals surface area contributed by atoms with Crippen LogP contribution >= 0.6 is 0 Å². The van der Waals surface area contributed by atoms with Gasteiger partial charge in [0, 0.05) is 30.8 Å². The van der Waals surface area contributed by atoms with Crippen molar-refractivity contribution in [1.82, 2.24) is 15.3 Å². The van der Waals surface area contributed by atoms with Gasteiger partial charge in [-0.05, 0) is 37.5 Å². The van der Waals surface area contributed by atoms with Gasteiger partial charge < -0.3 is 20.7 Å². The highest BCUT2D eigenvalue weighted by atomic mass is 19.1. The first kappa shape index (κ1) is 24.0. The highest BCUT2D eigenvalue weighted by molar-refractivity contribution is 5.79. The number of benzene rings is 2. The zero-order chi connectivity index (χ0) is 24.9. The molecule has 1 aromatic heterocycles. The number of piperidine rings is 1. The molecule has 0 aliphatic carbocycles. The van der Waals surface area contributed by atoms with Gasteiger partial charge in [-0.1, -0.05) is 30.3 Å². The van der Waals surface area contributed by atoms with Crippen LogP contribution in [-0.4, -0.2) is 35.6 Å². The summed E-state index contributed by atoms with van der Waals surface area (Å²) in [6.07, 6.45) is 1.58. The predicted octanol–water partition coefficient (Wildman–Crippen LogP) is 3.67. The highest BCUT2D eigenvalue weighted by Crippen LogP contribution is 2.32. The second kappa shape index (κ2) is 10.4. The summed E-state index contributed by atoms with van der Waals surface area (Å²) >= 11 is 0. The number of methoxy groups -OCH3 is 1. The molecule has 8 nitrogen and oxygen atoms in total. The molecule has 0 bridgehead atoms. The van der Waals surface area contributed by atoms with Crippen LogP contribution in [0, 0.1) is 23.1 Å². The van der Waals surface area contributed by atoms with Gasteiger partial charge in [0.25, 0.3) is 0 Å². The number of nitrogens with zero attached hydrogens (tertiary/aromatic N) is 4. The van der Waals surface area contributed by atoms with E-state index in [9.17, 15) is 14.4 Å². The molecular formula is C26H27FN6O2. The SMILES string of the molecule is COc1cc(-c2cc(N3C[C@@H](C(=O)NCc4ccccc4)CC[C@H]3C)nc(N)n2)cc(F)c1C#N. The van der Waals surface area contributed by atoms with E-state index >= 15 is 0 Å². The maximum atomic E-state index is 14.5. The van der Waals surface area contributed by atoms with Crippen LogP contribution < -0.4 is 20.7 Å². The van der Waals surface area contributed by atoms with Gasteiger partial charge in [-0.15, -0.1) is 0 Å². The van der Waals surface area contributed by atoms with Gasteiger partial charge in [-0.25, -0.2) is 9.37 Å². The second-order valence-electron chi connectivity index (χ2n) is 8.60. The number of carbonyl (C=O) groups is 1. The molecule has 1 aliphatic rings. The molecule has 1 fully saturated rings. The Balaban J connectivity index is 1.57. The van der Waals surface area contributed by atoms with Gasteiger partial charge in [-0.2, -0.15) is 10.2 Å². The number of rotatable bonds is 6. The Morgan fingerprint density at radius 3 is 2.74 bits per heavy atom. The molecule has 0 saturated carbocycles. The third-order valence-electron chi connectivity index (χ3n) is 6.27. The fraction of sp³-hybridized carbons (Fsp3) is 0.308. The third kappa shape index (κ3) is 5.32. The van der Waals surface area contributed by atoms with E-state index in [2.05, 4.69) is 22.2 Å². The average Bonchev–Trinajstić information content (AvgIpc) is 2.87. The number of hydrogen-bond acceptors (Lipinski definition) is 7. The second-order valence-corrected chi connectivity index (χ2v) is 8.60. The van der Waals surface area contributed by atoms with E-state index in [1.807, 2.05) is 35.2 Å². The van der Waals surface area contributed by atoms with E-state index < -0.39 is 5.82 Å². The highest BCUT2D eigenvalue weighted by Gasteiger charge is 2.31. The minimum atomic E-state index is -0.706. The Hall–Kier alpha value is -4.19. The Kier molecular flexibility index (Phi) is 7.11. The molecule has 1 saturated heterocycles. The molecular weight excluding hydrogens is 447 g/mol. The van der Waals surface area contributed by atoms with Crippen molar-refractivity contribution in [2.24, 2.45) is 5.92 Å². The van der Waals surface area contributed by atoms with Crippen molar-refractivity contribution in [2.75, 3.05) is 24.3 Å². The van der Waals surface area contributed by atoms with Crippen LogP contribution in [0.1, 0.15) is 30.9 Å². The molecule has 2 aromatic carbocycles. The average molecular weight is 475 g/mol. The van der Waals surface area contributed by atoms with Crippen LogP contribution in [0.4, 0.5) is 16.2 Å². The third-order valence-corrected chi connectivity index (χ3v) is 6.27. The van der Waals surface area contributed by atoms with Crippen LogP contribution in [0.3, 0.4) is 0 Å². The van der Waals surface area contributed by atoms with E-state index in [0.29, 0.717) is 30.2 Å². The standard InChI is InChI=1S/C26H27FN6O2/c1-16-8-9-18(25(34)30-14-17-6-4-3-5-7-17)15-33(16)24-12-22(31-26(29)32-24)19-10-21(27)20(13-28)23(11-19)35-2/h3-7,10-12,16,18H,8-9,14-15H2,1-2H3,(H,30,34)(H2,29,31,32)/t16-,18+/m1/s1. The van der Waals surface area contributed by atoms with Crippen LogP contribution in [0.25, 0.3) is 11.3 Å². The smallest absolute Gasteiger partial charge is 0.225 e. The summed E-state index contributed by atoms with van der Waals surface area (Å²) in [6.45, 7) is 3.02. The first-order valence-electron chi connectivity index (χ1n) is 11.4. The summed E-state index contributed by atoms with van der Waals surface area (Å²) < 4.78 is 19.7. The van der Waals surface area contributed by atoms with E-state index in [-0.39, 0.29) is 35.1 Å². The zero-order valence-corrected chi connectivity index (χ0v) is 19.7. The molecule has 35 heavy (non-hydrogen) atoms. The van der Waals surface area contributed by atoms with Crippen LogP contribution in [0.2, 0.25) is 0 Å². The van der Waals surface area contributed by atoms with Gasteiger partial charge in [0.2, 0.25) is 11.9 Å². The molecule has 180 valence electrons. The summed E-state index contributed by atoms with van der Waals surface area (Å²) in [6, 6.07) is 16.2. The van der Waals surface area contributed by atoms with Gasteiger partial charge in [0.05, 0.1) is 18.7 Å². The fourth-order valence-electron chi connectivity index (χ4n) is 4.32. The first-order chi connectivity index (χ1) is 16.9. The van der Waals surface area contributed by atoms with Crippen molar-refractivity contribution < 1.29 is 13.9 Å². The summed E-state index contributed by atoms with van der Waals surface area (Å²) in [5.41, 5.74) is 7.70. The van der Waals surface area contributed by atoms with Gasteiger partial charge in [0.15, 0.2) is 0 Å². The van der Waals surface area contributed by atoms with Crippen LogP contribution in [0.5, 0.6) is 5.75 Å². The number of nitrogens with two attached hydrogens (primary N) is 1. The lowest BCUT2D eigenvalue weighted by molar-refractivity contribution is -0.125. The Bertz CT molecular complexity index is 1260. The van der Waals surface area contributed by atoms with Crippen molar-refractivity contribution in [3.05, 3.63) is 65.5 Å². The van der Waals surface area contributed by atoms with Crippen molar-refractivity contribution in [2.45, 2.75) is 32.4 Å². The van der Waals surface area contributed by atoms with E-state index in [1.54, 1.807) is 18.2 Å². The zero-order valence-electron chi connectivity index (χ0n) is 19.7. The molecule has 4 rings (SSSR count). The minimum Gasteiger partial charge on any atom is -0.495 e. The van der Waals surface area contributed by atoms with Crippen molar-refractivity contribution in [1.29, 1.82) is 5.26 Å². The number of nitriles is 1. The molecule has 0 radical (unpaired) electrons. The topological polar surface area (TPSA) is 117 Å². The quantitative estimate of drug-likeness (QED) is 0.560. The normalized spacial score (nSPS) is 17.5. The minimum absolute atomic E-state index is 0.00750. The molecule has 0 unspecified atom stereocenters. The van der Waals surface area contributed by atoms with Crippen LogP contribution in [0.15, 0.2) is 48.5 Å². The summed E-state index contributed by atoms with van der Waals surface area (Å²) in [7, 11) is 1.37. The number of carbonyl (C=O) groups excluding carboxylic acids is 1. The van der Waals surface area contributed by atoms with Crippen LogP contribution in [-0.2, 0) is 11.3 Å². The maximum absolute atomic E-state index is 14.5. The van der Waals surface area contributed by atoms with Crippen molar-refractivity contribution in [3.63, 3.8) is 0 Å².